The Morgan fingerprint density at radius 1 is 1.33 bits per heavy atom. The van der Waals surface area contributed by atoms with Crippen LogP contribution in [0.1, 0.15) is 13.8 Å². The summed E-state index contributed by atoms with van der Waals surface area (Å²) in [6.45, 7) is 7.41. The summed E-state index contributed by atoms with van der Waals surface area (Å²) in [6.07, 6.45) is 0.281. The van der Waals surface area contributed by atoms with E-state index in [2.05, 4.69) is 17.3 Å². The number of ether oxygens (including phenoxy) is 1. The van der Waals surface area contributed by atoms with Crippen molar-refractivity contribution in [2.75, 3.05) is 38.6 Å². The minimum atomic E-state index is -0.210. The number of hydrogen-bond donors (Lipinski definition) is 1. The molecule has 1 aromatic rings. The van der Waals surface area contributed by atoms with E-state index in [9.17, 15) is 4.39 Å². The molecule has 1 rings (SSSR count). The molecule has 1 aromatic carbocycles. The lowest BCUT2D eigenvalue weighted by atomic mass is 10.3. The summed E-state index contributed by atoms with van der Waals surface area (Å²) in [4.78, 5) is 2.19. The zero-order chi connectivity index (χ0) is 13.4. The third-order valence-electron chi connectivity index (χ3n) is 2.57. The first kappa shape index (κ1) is 14.9. The lowest BCUT2D eigenvalue weighted by Crippen LogP contribution is -2.29. The van der Waals surface area contributed by atoms with E-state index in [1.165, 1.54) is 12.1 Å². The van der Waals surface area contributed by atoms with Gasteiger partial charge in [-0.2, -0.15) is 0 Å². The van der Waals surface area contributed by atoms with Gasteiger partial charge in [-0.25, -0.2) is 4.39 Å². The van der Waals surface area contributed by atoms with Crippen molar-refractivity contribution in [1.29, 1.82) is 0 Å². The minimum Gasteiger partial charge on any atom is -0.384 e. The van der Waals surface area contributed by atoms with E-state index in [4.69, 9.17) is 4.74 Å². The van der Waals surface area contributed by atoms with E-state index >= 15 is 0 Å². The molecule has 0 spiro atoms. The summed E-state index contributed by atoms with van der Waals surface area (Å²) in [7, 11) is 2.05. The third kappa shape index (κ3) is 6.57. The molecule has 1 N–H and O–H groups in total. The quantitative estimate of drug-likeness (QED) is 0.771. The lowest BCUT2D eigenvalue weighted by molar-refractivity contribution is 0.0645. The number of nitrogens with one attached hydrogen (secondary N) is 1. The first-order valence-electron chi connectivity index (χ1n) is 6.37. The number of rotatable bonds is 8. The van der Waals surface area contributed by atoms with Crippen LogP contribution in [-0.2, 0) is 4.74 Å². The Hall–Kier alpha value is -1.13. The Bertz CT molecular complexity index is 344. The SMILES string of the molecule is CC(C)OCCN(C)CCNc1cccc(F)c1. The Morgan fingerprint density at radius 2 is 2.11 bits per heavy atom. The van der Waals surface area contributed by atoms with Crippen LogP contribution >= 0.6 is 0 Å². The van der Waals surface area contributed by atoms with E-state index in [0.29, 0.717) is 0 Å². The van der Waals surface area contributed by atoms with Gasteiger partial charge in [0.05, 0.1) is 12.7 Å². The summed E-state index contributed by atoms with van der Waals surface area (Å²) in [5, 5.41) is 3.19. The summed E-state index contributed by atoms with van der Waals surface area (Å²) in [5.41, 5.74) is 0.821. The van der Waals surface area contributed by atoms with Crippen LogP contribution in [0.15, 0.2) is 24.3 Å². The van der Waals surface area contributed by atoms with Crippen molar-refractivity contribution in [2.24, 2.45) is 0 Å². The molecule has 0 aliphatic heterocycles. The summed E-state index contributed by atoms with van der Waals surface area (Å²) < 4.78 is 18.4. The zero-order valence-electron chi connectivity index (χ0n) is 11.4. The number of nitrogens with zero attached hydrogens (tertiary/aromatic N) is 1. The standard InChI is InChI=1S/C14H23FN2O/c1-12(2)18-10-9-17(3)8-7-16-14-6-4-5-13(15)11-14/h4-6,11-12,16H,7-10H2,1-3H3. The van der Waals surface area contributed by atoms with Crippen molar-refractivity contribution in [1.82, 2.24) is 4.90 Å². The third-order valence-corrected chi connectivity index (χ3v) is 2.57. The van der Waals surface area contributed by atoms with E-state index in [1.54, 1.807) is 6.07 Å². The van der Waals surface area contributed by atoms with Gasteiger partial charge < -0.3 is 15.0 Å². The Morgan fingerprint density at radius 3 is 2.78 bits per heavy atom. The molecule has 0 unspecified atom stereocenters. The predicted molar refractivity (Wildman–Crippen MR) is 73.5 cm³/mol. The van der Waals surface area contributed by atoms with Crippen LogP contribution in [0.2, 0.25) is 0 Å². The molecular formula is C14H23FN2O. The fourth-order valence-electron chi connectivity index (χ4n) is 1.55. The van der Waals surface area contributed by atoms with Gasteiger partial charge in [0, 0.05) is 25.3 Å². The highest BCUT2D eigenvalue weighted by molar-refractivity contribution is 5.42. The normalized spacial score (nSPS) is 11.2. The Kier molecular flexibility index (Phi) is 6.68. The van der Waals surface area contributed by atoms with Gasteiger partial charge in [0.25, 0.3) is 0 Å². The zero-order valence-corrected chi connectivity index (χ0v) is 11.4. The molecule has 0 aliphatic rings. The van der Waals surface area contributed by atoms with Crippen LogP contribution in [0.3, 0.4) is 0 Å². The predicted octanol–water partition coefficient (Wildman–Crippen LogP) is 2.59. The van der Waals surface area contributed by atoms with E-state index in [-0.39, 0.29) is 11.9 Å². The second-order valence-electron chi connectivity index (χ2n) is 4.66. The molecule has 0 atom stereocenters. The van der Waals surface area contributed by atoms with Gasteiger partial charge in [-0.15, -0.1) is 0 Å². The fourth-order valence-corrected chi connectivity index (χ4v) is 1.55. The lowest BCUT2D eigenvalue weighted by Gasteiger charge is -2.18. The maximum absolute atomic E-state index is 12.9. The second kappa shape index (κ2) is 8.06. The first-order chi connectivity index (χ1) is 8.58. The minimum absolute atomic E-state index is 0.210. The van der Waals surface area contributed by atoms with Crippen molar-refractivity contribution < 1.29 is 9.13 Å². The van der Waals surface area contributed by atoms with Crippen LogP contribution < -0.4 is 5.32 Å². The molecule has 18 heavy (non-hydrogen) atoms. The Labute approximate surface area is 109 Å². The first-order valence-corrected chi connectivity index (χ1v) is 6.37. The average Bonchev–Trinajstić information content (AvgIpc) is 2.28. The molecule has 0 aliphatic carbocycles. The molecule has 0 saturated carbocycles. The van der Waals surface area contributed by atoms with Gasteiger partial charge in [-0.1, -0.05) is 6.07 Å². The van der Waals surface area contributed by atoms with Crippen molar-refractivity contribution in [3.63, 3.8) is 0 Å². The molecule has 3 nitrogen and oxygen atoms in total. The van der Waals surface area contributed by atoms with E-state index in [0.717, 1.165) is 31.9 Å². The molecule has 0 fully saturated rings. The Balaban J connectivity index is 2.13. The van der Waals surface area contributed by atoms with E-state index in [1.807, 2.05) is 19.9 Å². The number of benzene rings is 1. The van der Waals surface area contributed by atoms with Gasteiger partial charge in [-0.05, 0) is 39.1 Å². The molecule has 0 bridgehead atoms. The monoisotopic (exact) mass is 254 g/mol. The highest BCUT2D eigenvalue weighted by atomic mass is 19.1. The largest absolute Gasteiger partial charge is 0.384 e. The molecule has 0 heterocycles. The molecule has 4 heteroatoms. The van der Waals surface area contributed by atoms with Gasteiger partial charge in [0.2, 0.25) is 0 Å². The number of likely N-dealkylation sites (N-methyl/N-ethyl adjacent to an activating group) is 1. The molecule has 0 aromatic heterocycles. The highest BCUT2D eigenvalue weighted by Gasteiger charge is 2.00. The average molecular weight is 254 g/mol. The second-order valence-corrected chi connectivity index (χ2v) is 4.66. The summed E-state index contributed by atoms with van der Waals surface area (Å²) in [5.74, 6) is -0.210. The highest BCUT2D eigenvalue weighted by Crippen LogP contribution is 2.08. The van der Waals surface area contributed by atoms with Crippen LogP contribution in [0.25, 0.3) is 0 Å². The van der Waals surface area contributed by atoms with Crippen LogP contribution in [0.5, 0.6) is 0 Å². The smallest absolute Gasteiger partial charge is 0.125 e. The van der Waals surface area contributed by atoms with Crippen LogP contribution in [0.4, 0.5) is 10.1 Å². The number of halogens is 1. The molecule has 0 saturated heterocycles. The van der Waals surface area contributed by atoms with Gasteiger partial charge in [0.15, 0.2) is 0 Å². The van der Waals surface area contributed by atoms with Crippen molar-refractivity contribution in [2.45, 2.75) is 20.0 Å². The van der Waals surface area contributed by atoms with Crippen LogP contribution in [-0.4, -0.2) is 44.3 Å². The van der Waals surface area contributed by atoms with Crippen molar-refractivity contribution in [3.05, 3.63) is 30.1 Å². The van der Waals surface area contributed by atoms with Gasteiger partial charge >= 0.3 is 0 Å². The van der Waals surface area contributed by atoms with Gasteiger partial charge in [-0.3, -0.25) is 0 Å². The van der Waals surface area contributed by atoms with E-state index < -0.39 is 0 Å². The van der Waals surface area contributed by atoms with Gasteiger partial charge in [0.1, 0.15) is 5.82 Å². The summed E-state index contributed by atoms with van der Waals surface area (Å²) >= 11 is 0. The maximum Gasteiger partial charge on any atom is 0.125 e. The van der Waals surface area contributed by atoms with Crippen molar-refractivity contribution in [3.8, 4) is 0 Å². The fraction of sp³-hybridized carbons (Fsp3) is 0.571. The van der Waals surface area contributed by atoms with Crippen molar-refractivity contribution >= 4 is 5.69 Å². The maximum atomic E-state index is 12.9. The topological polar surface area (TPSA) is 24.5 Å². The van der Waals surface area contributed by atoms with Crippen LogP contribution in [0, 0.1) is 5.82 Å². The number of anilines is 1. The number of hydrogen-bond acceptors (Lipinski definition) is 3. The molecule has 0 radical (unpaired) electrons. The molecule has 102 valence electrons. The summed E-state index contributed by atoms with van der Waals surface area (Å²) in [6, 6.07) is 6.52. The molecular weight excluding hydrogens is 231 g/mol. The molecule has 0 amide bonds.